The lowest BCUT2D eigenvalue weighted by Crippen LogP contribution is -2.31. The minimum atomic E-state index is 0.454. The fraction of sp³-hybridized carbons (Fsp3) is 0.400. The number of nitrogens with zero attached hydrogens (tertiary/aromatic N) is 1. The Labute approximate surface area is 94.4 Å². The lowest BCUT2D eigenvalue weighted by molar-refractivity contribution is 0.120. The van der Waals surface area contributed by atoms with Gasteiger partial charge in [-0.05, 0) is 26.0 Å². The third-order valence-electron chi connectivity index (χ3n) is 1.75. The minimum Gasteiger partial charge on any atom is -0.492 e. The Morgan fingerprint density at radius 2 is 2.07 bits per heavy atom. The monoisotopic (exact) mass is 230 g/mol. The van der Waals surface area contributed by atoms with E-state index in [4.69, 9.17) is 27.0 Å². The number of halogens is 1. The molecule has 0 aromatic heterocycles. The van der Waals surface area contributed by atoms with Crippen molar-refractivity contribution in [3.63, 3.8) is 0 Å². The fourth-order valence-corrected chi connectivity index (χ4v) is 1.41. The largest absolute Gasteiger partial charge is 0.492 e. The van der Waals surface area contributed by atoms with Gasteiger partial charge in [0.15, 0.2) is 0 Å². The first-order chi connectivity index (χ1) is 7.20. The van der Waals surface area contributed by atoms with Crippen molar-refractivity contribution in [2.24, 2.45) is 5.84 Å². The molecule has 0 atom stereocenters. The molecule has 2 N–H and O–H groups in total. The van der Waals surface area contributed by atoms with Crippen LogP contribution in [0.15, 0.2) is 18.2 Å². The van der Waals surface area contributed by atoms with Crippen molar-refractivity contribution in [3.05, 3.63) is 23.2 Å². The summed E-state index contributed by atoms with van der Waals surface area (Å²) in [5, 5.41) is 1.60. The molecule has 0 aliphatic carbocycles. The minimum absolute atomic E-state index is 0.454. The smallest absolute Gasteiger partial charge is 0.140 e. The van der Waals surface area contributed by atoms with E-state index in [0.717, 1.165) is 5.17 Å². The maximum atomic E-state index is 6.09. The molecule has 0 radical (unpaired) electrons. The van der Waals surface area contributed by atoms with Crippen LogP contribution in [0.2, 0.25) is 5.02 Å². The highest BCUT2D eigenvalue weighted by atomic mass is 35.5. The zero-order valence-electron chi connectivity index (χ0n) is 8.87. The molecule has 0 amide bonds. The molecule has 0 heterocycles. The van der Waals surface area contributed by atoms with Gasteiger partial charge < -0.3 is 4.74 Å². The average molecular weight is 231 g/mol. The summed E-state index contributed by atoms with van der Waals surface area (Å²) in [6.45, 7) is 4.78. The molecule has 0 aliphatic rings. The first-order valence-electron chi connectivity index (χ1n) is 4.79. The summed E-state index contributed by atoms with van der Waals surface area (Å²) in [6.07, 6.45) is 0. The summed E-state index contributed by atoms with van der Waals surface area (Å²) < 4.78 is 5.34. The number of hydrogen-bond acceptors (Lipinski definition) is 4. The predicted octanol–water partition coefficient (Wildman–Crippen LogP) is 2.37. The van der Waals surface area contributed by atoms with Gasteiger partial charge >= 0.3 is 0 Å². The molecule has 84 valence electrons. The summed E-state index contributed by atoms with van der Waals surface area (Å²) in [4.78, 5) is 5.11. The molecule has 0 saturated heterocycles. The van der Waals surface area contributed by atoms with Crippen LogP contribution in [-0.2, 0) is 4.84 Å². The Balaban J connectivity index is 2.92. The van der Waals surface area contributed by atoms with Gasteiger partial charge in [0.1, 0.15) is 16.5 Å². The molecule has 0 spiro atoms. The number of rotatable bonds is 5. The maximum Gasteiger partial charge on any atom is 0.140 e. The van der Waals surface area contributed by atoms with E-state index in [1.165, 1.54) is 0 Å². The number of hydrazine groups is 1. The van der Waals surface area contributed by atoms with E-state index in [0.29, 0.717) is 29.7 Å². The summed E-state index contributed by atoms with van der Waals surface area (Å²) in [5.74, 6) is 6.25. The van der Waals surface area contributed by atoms with Crippen molar-refractivity contribution in [2.45, 2.75) is 13.8 Å². The van der Waals surface area contributed by atoms with Gasteiger partial charge in [-0.2, -0.15) is 5.17 Å². The van der Waals surface area contributed by atoms with Gasteiger partial charge in [0.2, 0.25) is 0 Å². The van der Waals surface area contributed by atoms with Crippen molar-refractivity contribution in [3.8, 4) is 5.75 Å². The Bertz CT molecular complexity index is 320. The molecule has 0 saturated carbocycles. The molecule has 4 nitrogen and oxygen atoms in total. The van der Waals surface area contributed by atoms with Crippen LogP contribution in [0.4, 0.5) is 5.69 Å². The van der Waals surface area contributed by atoms with Crippen LogP contribution in [0.25, 0.3) is 0 Å². The van der Waals surface area contributed by atoms with Crippen LogP contribution in [-0.4, -0.2) is 13.2 Å². The van der Waals surface area contributed by atoms with Crippen LogP contribution in [0.1, 0.15) is 13.8 Å². The molecule has 0 aliphatic heterocycles. The highest BCUT2D eigenvalue weighted by Crippen LogP contribution is 2.33. The van der Waals surface area contributed by atoms with Gasteiger partial charge in [-0.15, -0.1) is 0 Å². The Morgan fingerprint density at radius 1 is 1.33 bits per heavy atom. The quantitative estimate of drug-likeness (QED) is 0.623. The van der Waals surface area contributed by atoms with E-state index in [2.05, 4.69) is 0 Å². The van der Waals surface area contributed by atoms with Crippen LogP contribution in [0.5, 0.6) is 5.75 Å². The van der Waals surface area contributed by atoms with Crippen molar-refractivity contribution in [2.75, 3.05) is 18.4 Å². The van der Waals surface area contributed by atoms with Gasteiger partial charge in [-0.1, -0.05) is 17.7 Å². The number of benzene rings is 1. The Hall–Kier alpha value is -0.970. The lowest BCUT2D eigenvalue weighted by atomic mass is 10.3. The van der Waals surface area contributed by atoms with Gasteiger partial charge in [0, 0.05) is 0 Å². The molecule has 0 unspecified atom stereocenters. The van der Waals surface area contributed by atoms with Crippen molar-refractivity contribution in [1.29, 1.82) is 0 Å². The number of hydrogen-bond donors (Lipinski definition) is 1. The number of ether oxygens (including phenoxy) is 1. The topological polar surface area (TPSA) is 47.7 Å². The molecule has 0 bridgehead atoms. The first-order valence-corrected chi connectivity index (χ1v) is 5.17. The highest BCUT2D eigenvalue weighted by Gasteiger charge is 2.11. The summed E-state index contributed by atoms with van der Waals surface area (Å²) in [7, 11) is 0. The second-order valence-electron chi connectivity index (χ2n) is 2.77. The van der Waals surface area contributed by atoms with Gasteiger partial charge in [-0.25, -0.2) is 5.84 Å². The molecule has 15 heavy (non-hydrogen) atoms. The van der Waals surface area contributed by atoms with E-state index in [1.54, 1.807) is 12.1 Å². The first kappa shape index (κ1) is 12.1. The zero-order chi connectivity index (χ0) is 11.3. The molecule has 1 rings (SSSR count). The van der Waals surface area contributed by atoms with E-state index in [9.17, 15) is 0 Å². The highest BCUT2D eigenvalue weighted by molar-refractivity contribution is 6.34. The fourth-order valence-electron chi connectivity index (χ4n) is 1.15. The number of nitrogens with two attached hydrogens (primary N) is 1. The molecular weight excluding hydrogens is 216 g/mol. The van der Waals surface area contributed by atoms with Gasteiger partial charge in [0.05, 0.1) is 13.2 Å². The van der Waals surface area contributed by atoms with Crippen LogP contribution in [0, 0.1) is 0 Å². The normalized spacial score (nSPS) is 10.1. The van der Waals surface area contributed by atoms with E-state index < -0.39 is 0 Å². The Morgan fingerprint density at radius 3 is 2.67 bits per heavy atom. The maximum absolute atomic E-state index is 6.09. The van der Waals surface area contributed by atoms with E-state index >= 15 is 0 Å². The second-order valence-corrected chi connectivity index (χ2v) is 3.14. The number of anilines is 1. The third kappa shape index (κ3) is 2.99. The van der Waals surface area contributed by atoms with Crippen molar-refractivity contribution in [1.82, 2.24) is 0 Å². The van der Waals surface area contributed by atoms with Gasteiger partial charge in [-0.3, -0.25) is 4.84 Å². The Kier molecular flexibility index (Phi) is 4.68. The second kappa shape index (κ2) is 5.80. The molecule has 0 fully saturated rings. The molecule has 5 heteroatoms. The summed E-state index contributed by atoms with van der Waals surface area (Å²) in [6, 6.07) is 5.36. The van der Waals surface area contributed by atoms with E-state index in [-0.39, 0.29) is 0 Å². The average Bonchev–Trinajstić information content (AvgIpc) is 2.22. The van der Waals surface area contributed by atoms with Crippen molar-refractivity contribution >= 4 is 17.3 Å². The summed E-state index contributed by atoms with van der Waals surface area (Å²) in [5.41, 5.74) is 0.587. The predicted molar refractivity (Wildman–Crippen MR) is 60.9 cm³/mol. The molecular formula is C10H15ClN2O2. The zero-order valence-corrected chi connectivity index (χ0v) is 9.62. The standard InChI is InChI=1S/C10H15ClN2O2/c1-3-14-9-7-5-6-8(10(9)11)13(12)15-4-2/h5-7H,3-4,12H2,1-2H3. The van der Waals surface area contributed by atoms with Crippen LogP contribution >= 0.6 is 11.6 Å². The SMILES string of the molecule is CCOc1cccc(N(N)OCC)c1Cl. The molecule has 1 aromatic carbocycles. The third-order valence-corrected chi connectivity index (χ3v) is 2.13. The van der Waals surface area contributed by atoms with Crippen LogP contribution < -0.4 is 15.8 Å². The molecule has 1 aromatic rings. The van der Waals surface area contributed by atoms with Crippen molar-refractivity contribution < 1.29 is 9.57 Å². The van der Waals surface area contributed by atoms with Crippen LogP contribution in [0.3, 0.4) is 0 Å². The lowest BCUT2D eigenvalue weighted by Gasteiger charge is -2.19. The van der Waals surface area contributed by atoms with E-state index in [1.807, 2.05) is 19.9 Å². The summed E-state index contributed by atoms with van der Waals surface area (Å²) >= 11 is 6.09. The van der Waals surface area contributed by atoms with Gasteiger partial charge in [0.25, 0.3) is 0 Å².